The molecule has 0 saturated carbocycles. The van der Waals surface area contributed by atoms with Gasteiger partial charge in [0.2, 0.25) is 5.78 Å². The standard InChI is InChI=1S/C6H8O3.C2H6/c1-4(7)3-6(9)5(2)8;1-2/h3H2,1-2H3;1-2H3. The van der Waals surface area contributed by atoms with Crippen LogP contribution in [-0.4, -0.2) is 17.3 Å². The SMILES string of the molecule is CC.CC(=O)CC(=O)C(C)=O. The summed E-state index contributed by atoms with van der Waals surface area (Å²) in [6.45, 7) is 6.44. The van der Waals surface area contributed by atoms with Crippen LogP contribution in [0.3, 0.4) is 0 Å². The highest BCUT2D eigenvalue weighted by atomic mass is 16.2. The van der Waals surface area contributed by atoms with Crippen LogP contribution in [0, 0.1) is 0 Å². The molecule has 0 atom stereocenters. The highest BCUT2D eigenvalue weighted by Gasteiger charge is 2.08. The first-order chi connectivity index (χ1) is 5.04. The zero-order valence-electron chi connectivity index (χ0n) is 7.43. The van der Waals surface area contributed by atoms with Gasteiger partial charge in [0.15, 0.2) is 5.78 Å². The molecule has 0 aliphatic rings. The van der Waals surface area contributed by atoms with E-state index in [0.717, 1.165) is 6.92 Å². The predicted molar refractivity (Wildman–Crippen MR) is 42.3 cm³/mol. The van der Waals surface area contributed by atoms with Crippen molar-refractivity contribution >= 4 is 17.3 Å². The third-order valence-corrected chi connectivity index (χ3v) is 0.802. The average Bonchev–Trinajstić information content (AvgIpc) is 1.90. The molecule has 0 radical (unpaired) electrons. The first-order valence-electron chi connectivity index (χ1n) is 3.57. The zero-order chi connectivity index (χ0) is 9.44. The molecular weight excluding hydrogens is 144 g/mol. The predicted octanol–water partition coefficient (Wildman–Crippen LogP) is 1.15. The summed E-state index contributed by atoms with van der Waals surface area (Å²) < 4.78 is 0. The Labute approximate surface area is 66.8 Å². The minimum Gasteiger partial charge on any atom is -0.300 e. The summed E-state index contributed by atoms with van der Waals surface area (Å²) in [4.78, 5) is 30.7. The Kier molecular flexibility index (Phi) is 8.20. The first kappa shape index (κ1) is 12.7. The maximum atomic E-state index is 10.4. The first-order valence-corrected chi connectivity index (χ1v) is 3.57. The average molecular weight is 158 g/mol. The molecule has 64 valence electrons. The summed E-state index contributed by atoms with van der Waals surface area (Å²) >= 11 is 0. The van der Waals surface area contributed by atoms with Crippen LogP contribution in [0.2, 0.25) is 0 Å². The van der Waals surface area contributed by atoms with Crippen molar-refractivity contribution in [2.24, 2.45) is 0 Å². The molecule has 0 amide bonds. The third-order valence-electron chi connectivity index (χ3n) is 0.802. The van der Waals surface area contributed by atoms with Crippen molar-refractivity contribution < 1.29 is 14.4 Å². The van der Waals surface area contributed by atoms with Gasteiger partial charge in [-0.3, -0.25) is 14.4 Å². The van der Waals surface area contributed by atoms with Crippen molar-refractivity contribution in [1.82, 2.24) is 0 Å². The quantitative estimate of drug-likeness (QED) is 0.457. The van der Waals surface area contributed by atoms with Crippen LogP contribution in [0.15, 0.2) is 0 Å². The second kappa shape index (κ2) is 7.12. The highest BCUT2D eigenvalue weighted by molar-refractivity contribution is 6.39. The fourth-order valence-electron chi connectivity index (χ4n) is 0.351. The molecule has 0 aliphatic carbocycles. The van der Waals surface area contributed by atoms with E-state index >= 15 is 0 Å². The van der Waals surface area contributed by atoms with Gasteiger partial charge in [0.05, 0.1) is 6.42 Å². The maximum absolute atomic E-state index is 10.4. The van der Waals surface area contributed by atoms with E-state index in [-0.39, 0.29) is 12.2 Å². The molecule has 0 saturated heterocycles. The molecule has 0 fully saturated rings. The molecule has 3 nitrogen and oxygen atoms in total. The number of carbonyl (C=O) groups is 3. The molecule has 3 heteroatoms. The molecule has 11 heavy (non-hydrogen) atoms. The number of hydrogen-bond donors (Lipinski definition) is 0. The summed E-state index contributed by atoms with van der Waals surface area (Å²) in [6, 6.07) is 0. The van der Waals surface area contributed by atoms with Gasteiger partial charge in [-0.2, -0.15) is 0 Å². The van der Waals surface area contributed by atoms with Gasteiger partial charge in [-0.1, -0.05) is 13.8 Å². The van der Waals surface area contributed by atoms with Crippen LogP contribution >= 0.6 is 0 Å². The fourth-order valence-corrected chi connectivity index (χ4v) is 0.351. The highest BCUT2D eigenvalue weighted by Crippen LogP contribution is 1.85. The Balaban J connectivity index is 0. The Morgan fingerprint density at radius 2 is 1.36 bits per heavy atom. The van der Waals surface area contributed by atoms with Gasteiger partial charge in [-0.05, 0) is 6.92 Å². The number of Topliss-reactive ketones (excluding diaryl/α,β-unsaturated/α-hetero) is 3. The van der Waals surface area contributed by atoms with Crippen LogP contribution < -0.4 is 0 Å². The number of rotatable bonds is 3. The number of hydrogen-bond acceptors (Lipinski definition) is 3. The van der Waals surface area contributed by atoms with Crippen molar-refractivity contribution in [1.29, 1.82) is 0 Å². The molecule has 0 rings (SSSR count). The summed E-state index contributed by atoms with van der Waals surface area (Å²) in [5.41, 5.74) is 0. The summed E-state index contributed by atoms with van der Waals surface area (Å²) in [5.74, 6) is -1.43. The van der Waals surface area contributed by atoms with Crippen LogP contribution in [0.25, 0.3) is 0 Å². The van der Waals surface area contributed by atoms with Gasteiger partial charge in [-0.15, -0.1) is 0 Å². The van der Waals surface area contributed by atoms with Crippen molar-refractivity contribution in [2.45, 2.75) is 34.1 Å². The van der Waals surface area contributed by atoms with E-state index in [9.17, 15) is 14.4 Å². The topological polar surface area (TPSA) is 51.2 Å². The lowest BCUT2D eigenvalue weighted by Crippen LogP contribution is -2.12. The van der Waals surface area contributed by atoms with Crippen LogP contribution in [0.4, 0.5) is 0 Å². The van der Waals surface area contributed by atoms with E-state index < -0.39 is 11.6 Å². The second-order valence-electron chi connectivity index (χ2n) is 1.86. The molecular formula is C8H14O3. The van der Waals surface area contributed by atoms with Gasteiger partial charge in [0.25, 0.3) is 0 Å². The van der Waals surface area contributed by atoms with Crippen molar-refractivity contribution in [2.75, 3.05) is 0 Å². The maximum Gasteiger partial charge on any atom is 0.205 e. The Morgan fingerprint density at radius 1 is 1.00 bits per heavy atom. The van der Waals surface area contributed by atoms with Crippen LogP contribution in [-0.2, 0) is 14.4 Å². The largest absolute Gasteiger partial charge is 0.300 e. The minimum atomic E-state index is -0.609. The van der Waals surface area contributed by atoms with E-state index in [0.29, 0.717) is 0 Å². The summed E-state index contributed by atoms with van der Waals surface area (Å²) in [6.07, 6.45) is -0.255. The molecule has 0 aromatic carbocycles. The van der Waals surface area contributed by atoms with Gasteiger partial charge >= 0.3 is 0 Å². The monoisotopic (exact) mass is 158 g/mol. The molecule has 0 unspecified atom stereocenters. The molecule has 0 aromatic heterocycles. The lowest BCUT2D eigenvalue weighted by atomic mass is 10.2. The zero-order valence-corrected chi connectivity index (χ0v) is 7.43. The van der Waals surface area contributed by atoms with E-state index in [2.05, 4.69) is 0 Å². The van der Waals surface area contributed by atoms with Crippen molar-refractivity contribution in [3.63, 3.8) is 0 Å². The number of carbonyl (C=O) groups excluding carboxylic acids is 3. The van der Waals surface area contributed by atoms with Gasteiger partial charge in [-0.25, -0.2) is 0 Å². The van der Waals surface area contributed by atoms with Crippen LogP contribution in [0.5, 0.6) is 0 Å². The van der Waals surface area contributed by atoms with Gasteiger partial charge in [0.1, 0.15) is 5.78 Å². The Morgan fingerprint density at radius 3 is 1.45 bits per heavy atom. The Bertz CT molecular complexity index is 159. The summed E-state index contributed by atoms with van der Waals surface area (Å²) in [7, 11) is 0. The third kappa shape index (κ3) is 9.01. The fraction of sp³-hybridized carbons (Fsp3) is 0.625. The van der Waals surface area contributed by atoms with Crippen molar-refractivity contribution in [3.8, 4) is 0 Å². The van der Waals surface area contributed by atoms with Gasteiger partial charge < -0.3 is 0 Å². The van der Waals surface area contributed by atoms with Gasteiger partial charge in [0, 0.05) is 6.92 Å². The molecule has 0 N–H and O–H groups in total. The normalized spacial score (nSPS) is 7.64. The van der Waals surface area contributed by atoms with E-state index in [4.69, 9.17) is 0 Å². The molecule has 0 heterocycles. The van der Waals surface area contributed by atoms with Crippen LogP contribution in [0.1, 0.15) is 34.1 Å². The lowest BCUT2D eigenvalue weighted by Gasteiger charge is -1.87. The second-order valence-corrected chi connectivity index (χ2v) is 1.86. The Hall–Kier alpha value is -0.990. The minimum absolute atomic E-state index is 0.255. The number of ketones is 3. The van der Waals surface area contributed by atoms with Crippen molar-refractivity contribution in [3.05, 3.63) is 0 Å². The molecule has 0 aromatic rings. The van der Waals surface area contributed by atoms with E-state index in [1.165, 1.54) is 6.92 Å². The van der Waals surface area contributed by atoms with E-state index in [1.54, 1.807) is 0 Å². The summed E-state index contributed by atoms with van der Waals surface area (Å²) in [5, 5.41) is 0. The van der Waals surface area contributed by atoms with E-state index in [1.807, 2.05) is 13.8 Å². The smallest absolute Gasteiger partial charge is 0.205 e. The lowest BCUT2D eigenvalue weighted by molar-refractivity contribution is -0.137. The molecule has 0 spiro atoms. The molecule has 0 aliphatic heterocycles. The molecule has 0 bridgehead atoms.